The second-order valence-electron chi connectivity index (χ2n) is 2.96. The van der Waals surface area contributed by atoms with E-state index in [2.05, 4.69) is 25.9 Å². The lowest BCUT2D eigenvalue weighted by Gasteiger charge is -2.03. The topological polar surface area (TPSA) is 35.0 Å². The molecule has 2 heterocycles. The normalized spacial score (nSPS) is 10.0. The Morgan fingerprint density at radius 2 is 2.13 bits per heavy atom. The molecule has 0 atom stereocenters. The van der Waals surface area contributed by atoms with Crippen LogP contribution in [0.4, 0.5) is 0 Å². The Bertz CT molecular complexity index is 474. The minimum absolute atomic E-state index is 0.604. The highest BCUT2D eigenvalue weighted by Crippen LogP contribution is 2.21. The van der Waals surface area contributed by atoms with Gasteiger partial charge in [0.1, 0.15) is 0 Å². The third kappa shape index (κ3) is 2.33. The van der Waals surface area contributed by atoms with Gasteiger partial charge in [-0.3, -0.25) is 4.98 Å². The van der Waals surface area contributed by atoms with E-state index in [1.54, 1.807) is 19.5 Å². The zero-order valence-corrected chi connectivity index (χ0v) is 9.73. The first kappa shape index (κ1) is 10.1. The molecular formula is C11H9BrN2O. The maximum absolute atomic E-state index is 5.06. The Labute approximate surface area is 96.3 Å². The van der Waals surface area contributed by atoms with Crippen molar-refractivity contribution in [1.29, 1.82) is 0 Å². The van der Waals surface area contributed by atoms with Gasteiger partial charge in [0.05, 0.1) is 12.8 Å². The van der Waals surface area contributed by atoms with Crippen molar-refractivity contribution in [2.24, 2.45) is 0 Å². The molecule has 0 radical (unpaired) electrons. The summed E-state index contributed by atoms with van der Waals surface area (Å²) >= 11 is 3.37. The van der Waals surface area contributed by atoms with E-state index in [0.717, 1.165) is 15.7 Å². The second kappa shape index (κ2) is 4.40. The molecule has 4 heteroatoms. The molecule has 0 aromatic carbocycles. The molecule has 0 spiro atoms. The molecule has 0 N–H and O–H groups in total. The number of rotatable bonds is 2. The van der Waals surface area contributed by atoms with Gasteiger partial charge in [0.25, 0.3) is 0 Å². The van der Waals surface area contributed by atoms with E-state index in [1.165, 1.54) is 0 Å². The number of halogens is 1. The lowest BCUT2D eigenvalue weighted by Crippen LogP contribution is -1.89. The van der Waals surface area contributed by atoms with Crippen LogP contribution in [0.25, 0.3) is 11.3 Å². The van der Waals surface area contributed by atoms with Gasteiger partial charge in [-0.05, 0) is 28.1 Å². The highest BCUT2D eigenvalue weighted by atomic mass is 79.9. The zero-order valence-electron chi connectivity index (χ0n) is 8.14. The van der Waals surface area contributed by atoms with Crippen molar-refractivity contribution >= 4 is 15.9 Å². The number of nitrogens with zero attached hydrogens (tertiary/aromatic N) is 2. The Kier molecular flexibility index (Phi) is 2.97. The van der Waals surface area contributed by atoms with Gasteiger partial charge in [-0.15, -0.1) is 0 Å². The molecule has 15 heavy (non-hydrogen) atoms. The first-order valence-corrected chi connectivity index (χ1v) is 5.21. The average Bonchev–Trinajstić information content (AvgIpc) is 2.29. The van der Waals surface area contributed by atoms with Gasteiger partial charge in [0, 0.05) is 28.5 Å². The van der Waals surface area contributed by atoms with Gasteiger partial charge in [-0.2, -0.15) is 0 Å². The number of methoxy groups -OCH3 is 1. The van der Waals surface area contributed by atoms with Gasteiger partial charge < -0.3 is 4.74 Å². The van der Waals surface area contributed by atoms with Crippen molar-refractivity contribution in [2.75, 3.05) is 7.11 Å². The third-order valence-electron chi connectivity index (χ3n) is 1.93. The second-order valence-corrected chi connectivity index (χ2v) is 3.87. The van der Waals surface area contributed by atoms with E-state index in [4.69, 9.17) is 4.74 Å². The highest BCUT2D eigenvalue weighted by Gasteiger charge is 2.01. The molecule has 3 nitrogen and oxygen atoms in total. The van der Waals surface area contributed by atoms with Gasteiger partial charge in [0.15, 0.2) is 0 Å². The maximum Gasteiger partial charge on any atom is 0.213 e. The summed E-state index contributed by atoms with van der Waals surface area (Å²) in [7, 11) is 1.60. The number of aromatic nitrogens is 2. The van der Waals surface area contributed by atoms with Gasteiger partial charge in [0.2, 0.25) is 5.88 Å². The van der Waals surface area contributed by atoms with Crippen molar-refractivity contribution in [3.8, 4) is 17.1 Å². The van der Waals surface area contributed by atoms with Crippen LogP contribution in [0.15, 0.2) is 41.1 Å². The zero-order chi connectivity index (χ0) is 10.7. The van der Waals surface area contributed by atoms with Crippen molar-refractivity contribution in [3.05, 3.63) is 41.1 Å². The molecule has 0 saturated carbocycles. The Balaban J connectivity index is 2.44. The van der Waals surface area contributed by atoms with Crippen molar-refractivity contribution in [3.63, 3.8) is 0 Å². The largest absolute Gasteiger partial charge is 0.481 e. The number of ether oxygens (including phenoxy) is 1. The molecule has 76 valence electrons. The van der Waals surface area contributed by atoms with Crippen molar-refractivity contribution in [1.82, 2.24) is 9.97 Å². The average molecular weight is 265 g/mol. The smallest absolute Gasteiger partial charge is 0.213 e. The van der Waals surface area contributed by atoms with Crippen LogP contribution in [0.3, 0.4) is 0 Å². The summed E-state index contributed by atoms with van der Waals surface area (Å²) in [6, 6.07) is 7.61. The molecule has 0 aliphatic rings. The molecule has 2 aromatic heterocycles. The van der Waals surface area contributed by atoms with E-state index < -0.39 is 0 Å². The van der Waals surface area contributed by atoms with E-state index >= 15 is 0 Å². The summed E-state index contributed by atoms with van der Waals surface area (Å²) in [5, 5.41) is 0. The van der Waals surface area contributed by atoms with Crippen LogP contribution < -0.4 is 4.74 Å². The van der Waals surface area contributed by atoms with Crippen LogP contribution in [0.1, 0.15) is 0 Å². The summed E-state index contributed by atoms with van der Waals surface area (Å²) in [5.74, 6) is 0.604. The molecule has 2 rings (SSSR count). The summed E-state index contributed by atoms with van der Waals surface area (Å²) in [6.45, 7) is 0. The third-order valence-corrected chi connectivity index (χ3v) is 2.37. The van der Waals surface area contributed by atoms with Crippen molar-refractivity contribution < 1.29 is 4.74 Å². The van der Waals surface area contributed by atoms with Gasteiger partial charge >= 0.3 is 0 Å². The Morgan fingerprint density at radius 3 is 2.87 bits per heavy atom. The fourth-order valence-corrected chi connectivity index (χ4v) is 1.61. The number of pyridine rings is 2. The highest BCUT2D eigenvalue weighted by molar-refractivity contribution is 9.10. The monoisotopic (exact) mass is 264 g/mol. The molecule has 0 unspecified atom stereocenters. The molecule has 0 aliphatic carbocycles. The van der Waals surface area contributed by atoms with Gasteiger partial charge in [-0.1, -0.05) is 6.07 Å². The predicted octanol–water partition coefficient (Wildman–Crippen LogP) is 2.91. The van der Waals surface area contributed by atoms with E-state index in [0.29, 0.717) is 5.88 Å². The standard InChI is InChI=1S/C11H9BrN2O/c1-15-11-4-2-3-10(14-11)8-5-9(12)7-13-6-8/h2-7H,1H3. The minimum Gasteiger partial charge on any atom is -0.481 e. The SMILES string of the molecule is COc1cccc(-c2cncc(Br)c2)n1. The summed E-state index contributed by atoms with van der Waals surface area (Å²) < 4.78 is 6.00. The molecule has 0 aliphatic heterocycles. The van der Waals surface area contributed by atoms with Crippen LogP contribution in [-0.2, 0) is 0 Å². The fraction of sp³-hybridized carbons (Fsp3) is 0.0909. The van der Waals surface area contributed by atoms with E-state index in [1.807, 2.05) is 24.3 Å². The quantitative estimate of drug-likeness (QED) is 0.837. The summed E-state index contributed by atoms with van der Waals surface area (Å²) in [4.78, 5) is 8.41. The summed E-state index contributed by atoms with van der Waals surface area (Å²) in [6.07, 6.45) is 3.51. The Hall–Kier alpha value is -1.42. The van der Waals surface area contributed by atoms with Crippen LogP contribution in [-0.4, -0.2) is 17.1 Å². The Morgan fingerprint density at radius 1 is 1.27 bits per heavy atom. The first-order valence-electron chi connectivity index (χ1n) is 4.41. The molecule has 0 bridgehead atoms. The molecule has 0 amide bonds. The molecule has 0 fully saturated rings. The van der Waals surface area contributed by atoms with E-state index in [-0.39, 0.29) is 0 Å². The van der Waals surface area contributed by atoms with Crippen LogP contribution in [0, 0.1) is 0 Å². The minimum atomic E-state index is 0.604. The van der Waals surface area contributed by atoms with Crippen LogP contribution in [0.5, 0.6) is 5.88 Å². The fourth-order valence-electron chi connectivity index (χ4n) is 1.24. The first-order chi connectivity index (χ1) is 7.29. The predicted molar refractivity (Wildman–Crippen MR) is 61.7 cm³/mol. The number of hydrogen-bond donors (Lipinski definition) is 0. The van der Waals surface area contributed by atoms with Crippen LogP contribution in [0.2, 0.25) is 0 Å². The van der Waals surface area contributed by atoms with Crippen LogP contribution >= 0.6 is 15.9 Å². The summed E-state index contributed by atoms with van der Waals surface area (Å²) in [5.41, 5.74) is 1.81. The van der Waals surface area contributed by atoms with Crippen molar-refractivity contribution in [2.45, 2.75) is 0 Å². The van der Waals surface area contributed by atoms with Gasteiger partial charge in [-0.25, -0.2) is 4.98 Å². The lowest BCUT2D eigenvalue weighted by atomic mass is 10.2. The lowest BCUT2D eigenvalue weighted by molar-refractivity contribution is 0.398. The van der Waals surface area contributed by atoms with E-state index in [9.17, 15) is 0 Å². The number of hydrogen-bond acceptors (Lipinski definition) is 3. The molecule has 0 saturated heterocycles. The molecular weight excluding hydrogens is 256 g/mol. The maximum atomic E-state index is 5.06. The molecule has 2 aromatic rings.